The van der Waals surface area contributed by atoms with E-state index in [9.17, 15) is 0 Å². The van der Waals surface area contributed by atoms with E-state index in [1.807, 2.05) is 13.0 Å². The van der Waals surface area contributed by atoms with Gasteiger partial charge in [-0.2, -0.15) is 0 Å². The van der Waals surface area contributed by atoms with Crippen molar-refractivity contribution in [3.8, 4) is 0 Å². The van der Waals surface area contributed by atoms with E-state index in [1.54, 1.807) is 6.20 Å². The van der Waals surface area contributed by atoms with Crippen LogP contribution in [0.5, 0.6) is 0 Å². The number of anilines is 1. The van der Waals surface area contributed by atoms with Crippen molar-refractivity contribution < 1.29 is 0 Å². The van der Waals surface area contributed by atoms with E-state index in [1.165, 1.54) is 0 Å². The molecule has 1 unspecified atom stereocenters. The van der Waals surface area contributed by atoms with Gasteiger partial charge >= 0.3 is 0 Å². The molecule has 0 spiro atoms. The normalized spacial score (nSPS) is 21.2. The van der Waals surface area contributed by atoms with E-state index in [0.29, 0.717) is 5.82 Å². The number of aromatic nitrogens is 1. The second-order valence-electron chi connectivity index (χ2n) is 3.87. The molecule has 5 N–H and O–H groups in total. The molecule has 0 aliphatic carbocycles. The van der Waals surface area contributed by atoms with Gasteiger partial charge in [0.05, 0.1) is 0 Å². The number of pyridine rings is 1. The van der Waals surface area contributed by atoms with E-state index in [0.717, 1.165) is 29.8 Å². The molecule has 1 aliphatic rings. The smallest absolute Gasteiger partial charge is 0.131 e. The molecule has 1 atom stereocenters. The zero-order valence-electron chi connectivity index (χ0n) is 8.83. The van der Waals surface area contributed by atoms with Crippen molar-refractivity contribution in [1.82, 2.24) is 10.3 Å². The maximum Gasteiger partial charge on any atom is 0.131 e. The monoisotopic (exact) mass is 204 g/mol. The molecule has 2 heterocycles. The SMILES string of the molecule is Cc1ccnc(N)c1C1=CC(N)CNC1. The van der Waals surface area contributed by atoms with Crippen molar-refractivity contribution in [1.29, 1.82) is 0 Å². The molecule has 0 amide bonds. The second kappa shape index (κ2) is 4.00. The molecule has 1 aliphatic heterocycles. The first kappa shape index (κ1) is 10.1. The van der Waals surface area contributed by atoms with Gasteiger partial charge in [-0.25, -0.2) is 4.98 Å². The molecule has 0 saturated heterocycles. The van der Waals surface area contributed by atoms with Gasteiger partial charge in [0.2, 0.25) is 0 Å². The minimum atomic E-state index is 0.0627. The lowest BCUT2D eigenvalue weighted by molar-refractivity contribution is 0.662. The molecule has 80 valence electrons. The van der Waals surface area contributed by atoms with E-state index in [-0.39, 0.29) is 6.04 Å². The van der Waals surface area contributed by atoms with Crippen LogP contribution in [-0.2, 0) is 0 Å². The van der Waals surface area contributed by atoms with Gasteiger partial charge in [-0.3, -0.25) is 0 Å². The molecule has 1 aromatic rings. The third kappa shape index (κ3) is 2.00. The van der Waals surface area contributed by atoms with Crippen LogP contribution in [0.1, 0.15) is 11.1 Å². The standard InChI is InChI=1S/C11H16N4/c1-7-2-3-15-11(13)10(7)8-4-9(12)6-14-5-8/h2-4,9,14H,5-6,12H2,1H3,(H2,13,15). The Kier molecular flexibility index (Phi) is 2.70. The molecule has 0 bridgehead atoms. The Morgan fingerprint density at radius 2 is 2.33 bits per heavy atom. The Labute approximate surface area is 89.4 Å². The van der Waals surface area contributed by atoms with E-state index in [4.69, 9.17) is 11.5 Å². The number of nitrogen functional groups attached to an aromatic ring is 1. The molecule has 0 fully saturated rings. The van der Waals surface area contributed by atoms with Gasteiger partial charge in [0.25, 0.3) is 0 Å². The average molecular weight is 204 g/mol. The summed E-state index contributed by atoms with van der Waals surface area (Å²) < 4.78 is 0. The summed E-state index contributed by atoms with van der Waals surface area (Å²) in [6.45, 7) is 3.67. The van der Waals surface area contributed by atoms with Crippen LogP contribution in [0.3, 0.4) is 0 Å². The van der Waals surface area contributed by atoms with Crippen molar-refractivity contribution >= 4 is 11.4 Å². The molecule has 0 saturated carbocycles. The Morgan fingerprint density at radius 1 is 1.53 bits per heavy atom. The fraction of sp³-hybridized carbons (Fsp3) is 0.364. The lowest BCUT2D eigenvalue weighted by Crippen LogP contribution is -2.37. The van der Waals surface area contributed by atoms with Crippen LogP contribution < -0.4 is 16.8 Å². The van der Waals surface area contributed by atoms with Crippen LogP contribution in [0.25, 0.3) is 5.57 Å². The largest absolute Gasteiger partial charge is 0.383 e. The van der Waals surface area contributed by atoms with Gasteiger partial charge in [-0.1, -0.05) is 6.08 Å². The summed E-state index contributed by atoms with van der Waals surface area (Å²) in [6, 6.07) is 2.03. The Balaban J connectivity index is 2.45. The predicted octanol–water partition coefficient (Wildman–Crippen LogP) is 0.286. The summed E-state index contributed by atoms with van der Waals surface area (Å²) in [5.74, 6) is 0.581. The molecule has 2 rings (SSSR count). The minimum Gasteiger partial charge on any atom is -0.383 e. The number of nitrogens with one attached hydrogen (secondary N) is 1. The number of hydrogen-bond donors (Lipinski definition) is 3. The maximum atomic E-state index is 5.88. The molecular weight excluding hydrogens is 188 g/mol. The first-order valence-corrected chi connectivity index (χ1v) is 5.07. The Morgan fingerprint density at radius 3 is 3.00 bits per heavy atom. The number of aryl methyl sites for hydroxylation is 1. The van der Waals surface area contributed by atoms with Gasteiger partial charge < -0.3 is 16.8 Å². The Hall–Kier alpha value is -1.39. The van der Waals surface area contributed by atoms with Gasteiger partial charge in [0, 0.05) is 30.9 Å². The highest BCUT2D eigenvalue weighted by atomic mass is 14.9. The summed E-state index contributed by atoms with van der Waals surface area (Å²) >= 11 is 0. The van der Waals surface area contributed by atoms with E-state index < -0.39 is 0 Å². The first-order chi connectivity index (χ1) is 7.18. The molecule has 0 radical (unpaired) electrons. The van der Waals surface area contributed by atoms with Crippen LogP contribution in [-0.4, -0.2) is 24.1 Å². The molecule has 0 aromatic carbocycles. The van der Waals surface area contributed by atoms with Gasteiger partial charge in [-0.05, 0) is 24.1 Å². The zero-order chi connectivity index (χ0) is 10.8. The summed E-state index contributed by atoms with van der Waals surface area (Å²) in [5, 5.41) is 3.26. The fourth-order valence-corrected chi connectivity index (χ4v) is 1.92. The predicted molar refractivity (Wildman–Crippen MR) is 62.2 cm³/mol. The van der Waals surface area contributed by atoms with Crippen LogP contribution in [0.2, 0.25) is 0 Å². The Bertz CT molecular complexity index is 377. The van der Waals surface area contributed by atoms with Gasteiger partial charge in [-0.15, -0.1) is 0 Å². The van der Waals surface area contributed by atoms with Gasteiger partial charge in [0.1, 0.15) is 5.82 Å². The first-order valence-electron chi connectivity index (χ1n) is 5.07. The van der Waals surface area contributed by atoms with Crippen LogP contribution >= 0.6 is 0 Å². The molecule has 4 heteroatoms. The lowest BCUT2D eigenvalue weighted by atomic mass is 9.97. The highest BCUT2D eigenvalue weighted by Gasteiger charge is 2.14. The van der Waals surface area contributed by atoms with Crippen LogP contribution in [0.15, 0.2) is 18.3 Å². The number of rotatable bonds is 1. The summed E-state index contributed by atoms with van der Waals surface area (Å²) in [5.41, 5.74) is 15.1. The molecule has 4 nitrogen and oxygen atoms in total. The molecular formula is C11H16N4. The van der Waals surface area contributed by atoms with Crippen molar-refractivity contribution in [2.24, 2.45) is 5.73 Å². The highest BCUT2D eigenvalue weighted by Crippen LogP contribution is 2.24. The number of nitrogens with two attached hydrogens (primary N) is 2. The minimum absolute atomic E-state index is 0.0627. The number of nitrogens with zero attached hydrogens (tertiary/aromatic N) is 1. The quantitative estimate of drug-likeness (QED) is 0.614. The van der Waals surface area contributed by atoms with E-state index >= 15 is 0 Å². The summed E-state index contributed by atoms with van der Waals surface area (Å²) in [6.07, 6.45) is 3.79. The van der Waals surface area contributed by atoms with Crippen LogP contribution in [0.4, 0.5) is 5.82 Å². The van der Waals surface area contributed by atoms with Gasteiger partial charge in [0.15, 0.2) is 0 Å². The third-order valence-electron chi connectivity index (χ3n) is 2.62. The number of hydrogen-bond acceptors (Lipinski definition) is 4. The highest BCUT2D eigenvalue weighted by molar-refractivity contribution is 5.77. The maximum absolute atomic E-state index is 5.88. The second-order valence-corrected chi connectivity index (χ2v) is 3.87. The van der Waals surface area contributed by atoms with Crippen molar-refractivity contribution in [2.45, 2.75) is 13.0 Å². The molecule has 1 aromatic heterocycles. The fourth-order valence-electron chi connectivity index (χ4n) is 1.92. The lowest BCUT2D eigenvalue weighted by Gasteiger charge is -2.21. The third-order valence-corrected chi connectivity index (χ3v) is 2.62. The average Bonchev–Trinajstić information content (AvgIpc) is 2.17. The van der Waals surface area contributed by atoms with Crippen molar-refractivity contribution in [3.05, 3.63) is 29.5 Å². The zero-order valence-corrected chi connectivity index (χ0v) is 8.83. The van der Waals surface area contributed by atoms with Crippen molar-refractivity contribution in [2.75, 3.05) is 18.8 Å². The van der Waals surface area contributed by atoms with E-state index in [2.05, 4.69) is 16.4 Å². The summed E-state index contributed by atoms with van der Waals surface area (Å²) in [7, 11) is 0. The molecule has 15 heavy (non-hydrogen) atoms. The van der Waals surface area contributed by atoms with Crippen LogP contribution in [0, 0.1) is 6.92 Å². The van der Waals surface area contributed by atoms with Crippen molar-refractivity contribution in [3.63, 3.8) is 0 Å². The summed E-state index contributed by atoms with van der Waals surface area (Å²) in [4.78, 5) is 4.11. The topological polar surface area (TPSA) is 77.0 Å².